The smallest absolute Gasteiger partial charge is 0.319 e. The van der Waals surface area contributed by atoms with Crippen molar-refractivity contribution in [1.29, 1.82) is 0 Å². The molecule has 0 aliphatic carbocycles. The molecule has 8 heteroatoms. The van der Waals surface area contributed by atoms with E-state index in [4.69, 9.17) is 0 Å². The minimum Gasteiger partial charge on any atom is -0.337 e. The van der Waals surface area contributed by atoms with E-state index in [1.807, 2.05) is 68.4 Å². The zero-order valence-electron chi connectivity index (χ0n) is 19.0. The van der Waals surface area contributed by atoms with Crippen LogP contribution in [0.2, 0.25) is 0 Å². The van der Waals surface area contributed by atoms with E-state index in [-0.39, 0.29) is 18.1 Å². The fourth-order valence-electron chi connectivity index (χ4n) is 4.05. The quantitative estimate of drug-likeness (QED) is 0.462. The van der Waals surface area contributed by atoms with E-state index in [0.717, 1.165) is 59.6 Å². The number of carbonyl (C=O) groups is 2. The topological polar surface area (TPSA) is 98.4 Å². The van der Waals surface area contributed by atoms with Gasteiger partial charge in [-0.05, 0) is 44.5 Å². The zero-order valence-corrected chi connectivity index (χ0v) is 19.0. The second-order valence-corrected chi connectivity index (χ2v) is 8.46. The van der Waals surface area contributed by atoms with Crippen LogP contribution in [0.4, 0.5) is 21.0 Å². The van der Waals surface area contributed by atoms with Gasteiger partial charge < -0.3 is 21.3 Å². The highest BCUT2D eigenvalue weighted by molar-refractivity contribution is 6.00. The van der Waals surface area contributed by atoms with Crippen LogP contribution in [0.25, 0.3) is 10.9 Å². The van der Waals surface area contributed by atoms with Crippen molar-refractivity contribution in [2.75, 3.05) is 36.8 Å². The maximum Gasteiger partial charge on any atom is 0.319 e. The average molecular weight is 447 g/mol. The monoisotopic (exact) mass is 446 g/mol. The summed E-state index contributed by atoms with van der Waals surface area (Å²) < 4.78 is 0. The normalized spacial score (nSPS) is 15.9. The molecule has 0 spiro atoms. The largest absolute Gasteiger partial charge is 0.337 e. The number of rotatable bonds is 6. The molecule has 2 aromatic carbocycles. The first-order valence-corrected chi connectivity index (χ1v) is 11.2. The van der Waals surface area contributed by atoms with Crippen LogP contribution in [0.3, 0.4) is 0 Å². The first kappa shape index (κ1) is 22.5. The Balaban J connectivity index is 1.19. The van der Waals surface area contributed by atoms with Crippen molar-refractivity contribution in [2.45, 2.75) is 26.3 Å². The molecule has 8 nitrogen and oxygen atoms in total. The van der Waals surface area contributed by atoms with Crippen molar-refractivity contribution in [3.63, 3.8) is 0 Å². The lowest BCUT2D eigenvalue weighted by Gasteiger charge is -2.17. The summed E-state index contributed by atoms with van der Waals surface area (Å²) in [6, 6.07) is 17.0. The number of benzene rings is 2. The molecular weight excluding hydrogens is 416 g/mol. The Hall–Kier alpha value is -3.65. The van der Waals surface area contributed by atoms with Crippen molar-refractivity contribution < 1.29 is 9.59 Å². The van der Waals surface area contributed by atoms with Gasteiger partial charge in [0.1, 0.15) is 0 Å². The van der Waals surface area contributed by atoms with Crippen LogP contribution in [-0.2, 0) is 0 Å². The summed E-state index contributed by atoms with van der Waals surface area (Å²) in [5.74, 6) is 0. The molecule has 33 heavy (non-hydrogen) atoms. The highest BCUT2D eigenvalue weighted by atomic mass is 16.2. The Morgan fingerprint density at radius 3 is 2.64 bits per heavy atom. The van der Waals surface area contributed by atoms with Crippen molar-refractivity contribution >= 4 is 34.3 Å². The number of para-hydroxylation sites is 1. The van der Waals surface area contributed by atoms with Gasteiger partial charge in [0.05, 0.1) is 11.2 Å². The van der Waals surface area contributed by atoms with Crippen molar-refractivity contribution in [2.24, 2.45) is 0 Å². The molecule has 1 aliphatic rings. The van der Waals surface area contributed by atoms with Crippen LogP contribution in [0, 0.1) is 13.8 Å². The molecule has 0 radical (unpaired) electrons. The van der Waals surface area contributed by atoms with E-state index in [1.165, 1.54) is 0 Å². The van der Waals surface area contributed by atoms with Gasteiger partial charge in [-0.3, -0.25) is 9.88 Å². The maximum atomic E-state index is 12.4. The number of carbonyl (C=O) groups excluding carboxylic acids is 2. The number of pyridine rings is 1. The van der Waals surface area contributed by atoms with Crippen LogP contribution in [0.1, 0.15) is 17.7 Å². The molecule has 172 valence electrons. The number of aromatic nitrogens is 1. The van der Waals surface area contributed by atoms with E-state index in [2.05, 4.69) is 31.2 Å². The Labute approximate surface area is 193 Å². The second kappa shape index (κ2) is 10.3. The highest BCUT2D eigenvalue weighted by Crippen LogP contribution is 2.22. The number of likely N-dealkylation sites (tertiary alicyclic amines) is 1. The fourth-order valence-corrected chi connectivity index (χ4v) is 4.05. The van der Waals surface area contributed by atoms with Crippen LogP contribution < -0.4 is 21.3 Å². The summed E-state index contributed by atoms with van der Waals surface area (Å²) in [4.78, 5) is 31.4. The predicted molar refractivity (Wildman–Crippen MR) is 132 cm³/mol. The molecule has 0 saturated carbocycles. The van der Waals surface area contributed by atoms with Crippen LogP contribution in [0.5, 0.6) is 0 Å². The maximum absolute atomic E-state index is 12.4. The van der Waals surface area contributed by atoms with Gasteiger partial charge in [0.25, 0.3) is 0 Å². The minimum atomic E-state index is -0.239. The number of hydrogen-bond donors (Lipinski definition) is 4. The van der Waals surface area contributed by atoms with Crippen molar-refractivity contribution in [3.05, 3.63) is 65.9 Å². The summed E-state index contributed by atoms with van der Waals surface area (Å²) in [7, 11) is 0. The van der Waals surface area contributed by atoms with Crippen molar-refractivity contribution in [1.82, 2.24) is 20.5 Å². The molecule has 1 fully saturated rings. The molecule has 0 bridgehead atoms. The molecular formula is C25H30N6O2. The SMILES string of the molecule is Cc1ccc(NC(=O)NC2CCN(CCNC(=O)Nc3cc(C)nc4ccccc34)C2)cc1. The standard InChI is InChI=1S/C25H30N6O2/c1-17-7-9-19(10-8-17)28-25(33)29-20-11-13-31(16-20)14-12-26-24(32)30-23-15-18(2)27-22-6-4-3-5-21(22)23/h3-10,15,20H,11-14,16H2,1-2H3,(H2,28,29,33)(H2,26,27,30,32). The van der Waals surface area contributed by atoms with E-state index < -0.39 is 0 Å². The summed E-state index contributed by atoms with van der Waals surface area (Å²) in [5.41, 5.74) is 4.39. The minimum absolute atomic E-state index is 0.0930. The lowest BCUT2D eigenvalue weighted by molar-refractivity contribution is 0.247. The molecule has 4 N–H and O–H groups in total. The lowest BCUT2D eigenvalue weighted by atomic mass is 10.1. The molecule has 3 aromatic rings. The lowest BCUT2D eigenvalue weighted by Crippen LogP contribution is -2.41. The van der Waals surface area contributed by atoms with E-state index >= 15 is 0 Å². The molecule has 1 atom stereocenters. The third-order valence-electron chi connectivity index (χ3n) is 5.72. The Kier molecular flexibility index (Phi) is 7.04. The first-order chi connectivity index (χ1) is 16.0. The van der Waals surface area contributed by atoms with Crippen molar-refractivity contribution in [3.8, 4) is 0 Å². The Morgan fingerprint density at radius 2 is 1.82 bits per heavy atom. The number of hydrogen-bond acceptors (Lipinski definition) is 4. The Morgan fingerprint density at radius 1 is 1.03 bits per heavy atom. The van der Waals surface area contributed by atoms with E-state index in [1.54, 1.807) is 0 Å². The van der Waals surface area contributed by atoms with Gasteiger partial charge in [-0.2, -0.15) is 0 Å². The number of nitrogens with zero attached hydrogens (tertiary/aromatic N) is 2. The number of nitrogens with one attached hydrogen (secondary N) is 4. The van der Waals surface area contributed by atoms with Crippen LogP contribution in [0.15, 0.2) is 54.6 Å². The van der Waals surface area contributed by atoms with Gasteiger partial charge in [-0.25, -0.2) is 9.59 Å². The fraction of sp³-hybridized carbons (Fsp3) is 0.320. The van der Waals surface area contributed by atoms with Gasteiger partial charge in [-0.1, -0.05) is 35.9 Å². The third kappa shape index (κ3) is 6.20. The molecule has 4 amide bonds. The molecule has 2 heterocycles. The summed E-state index contributed by atoms with van der Waals surface area (Å²) in [6.07, 6.45) is 0.885. The number of urea groups is 2. The number of aryl methyl sites for hydroxylation is 2. The summed E-state index contributed by atoms with van der Waals surface area (Å²) in [6.45, 7) is 6.81. The second-order valence-electron chi connectivity index (χ2n) is 8.46. The third-order valence-corrected chi connectivity index (χ3v) is 5.72. The highest BCUT2D eigenvalue weighted by Gasteiger charge is 2.23. The molecule has 1 aliphatic heterocycles. The van der Waals surface area contributed by atoms with Gasteiger partial charge in [0.15, 0.2) is 0 Å². The zero-order chi connectivity index (χ0) is 23.2. The summed E-state index contributed by atoms with van der Waals surface area (Å²) in [5, 5.41) is 12.7. The van der Waals surface area contributed by atoms with E-state index in [0.29, 0.717) is 6.54 Å². The Bertz CT molecular complexity index is 1130. The summed E-state index contributed by atoms with van der Waals surface area (Å²) >= 11 is 0. The first-order valence-electron chi connectivity index (χ1n) is 11.2. The predicted octanol–water partition coefficient (Wildman–Crippen LogP) is 3.87. The van der Waals surface area contributed by atoms with Gasteiger partial charge in [0, 0.05) is 49.0 Å². The van der Waals surface area contributed by atoms with Gasteiger partial charge in [0.2, 0.25) is 0 Å². The molecule has 1 saturated heterocycles. The van der Waals surface area contributed by atoms with Gasteiger partial charge in [-0.15, -0.1) is 0 Å². The van der Waals surface area contributed by atoms with E-state index in [9.17, 15) is 9.59 Å². The molecule has 1 aromatic heterocycles. The van der Waals surface area contributed by atoms with Crippen LogP contribution >= 0.6 is 0 Å². The number of fused-ring (bicyclic) bond motifs is 1. The number of anilines is 2. The average Bonchev–Trinajstić information content (AvgIpc) is 3.22. The number of amides is 4. The van der Waals surface area contributed by atoms with Gasteiger partial charge >= 0.3 is 12.1 Å². The molecule has 1 unspecified atom stereocenters. The van der Waals surface area contributed by atoms with Crippen LogP contribution in [-0.4, -0.2) is 54.2 Å². The molecule has 4 rings (SSSR count).